The van der Waals surface area contributed by atoms with E-state index in [9.17, 15) is 9.59 Å². The van der Waals surface area contributed by atoms with E-state index in [1.807, 2.05) is 27.7 Å². The van der Waals surface area contributed by atoms with E-state index in [-0.39, 0.29) is 16.6 Å². The first kappa shape index (κ1) is 13.9. The van der Waals surface area contributed by atoms with Gasteiger partial charge in [-0.05, 0) is 28.4 Å². The summed E-state index contributed by atoms with van der Waals surface area (Å²) in [6.45, 7) is 8.10. The van der Waals surface area contributed by atoms with Crippen molar-refractivity contribution in [3.05, 3.63) is 29.8 Å². The molecule has 0 heterocycles. The normalized spacial score (nSPS) is 12.2. The van der Waals surface area contributed by atoms with Crippen molar-refractivity contribution in [3.63, 3.8) is 0 Å². The van der Waals surface area contributed by atoms with Gasteiger partial charge in [0.1, 0.15) is 0 Å². The minimum absolute atomic E-state index is 0.207. The predicted octanol–water partition coefficient (Wildman–Crippen LogP) is 2.35. The van der Waals surface area contributed by atoms with Crippen molar-refractivity contribution in [1.82, 2.24) is 0 Å². The standard InChI is InChI=1S/C13H20O3Si/c1-9(2)17(16,10(3)4)12-7-5-11(6-8-12)13(14)15/h5-10,16H,1-4H3,(H,14,15). The van der Waals surface area contributed by atoms with Crippen LogP contribution in [0.3, 0.4) is 0 Å². The van der Waals surface area contributed by atoms with Crippen LogP contribution in [-0.4, -0.2) is 24.2 Å². The number of benzene rings is 1. The number of rotatable bonds is 4. The van der Waals surface area contributed by atoms with Gasteiger partial charge < -0.3 is 9.90 Å². The summed E-state index contributed by atoms with van der Waals surface area (Å²) < 4.78 is 0. The third-order valence-corrected chi connectivity index (χ3v) is 8.13. The van der Waals surface area contributed by atoms with Gasteiger partial charge in [-0.25, -0.2) is 4.79 Å². The molecule has 0 aliphatic carbocycles. The van der Waals surface area contributed by atoms with Crippen molar-refractivity contribution >= 4 is 19.5 Å². The summed E-state index contributed by atoms with van der Waals surface area (Å²) in [7, 11) is -2.53. The molecule has 0 aromatic heterocycles. The molecule has 1 rings (SSSR count). The Kier molecular flexibility index (Phi) is 4.11. The Morgan fingerprint density at radius 1 is 1.06 bits per heavy atom. The largest absolute Gasteiger partial charge is 0.478 e. The molecule has 0 fully saturated rings. The van der Waals surface area contributed by atoms with E-state index in [0.717, 1.165) is 5.19 Å². The molecule has 0 saturated heterocycles. The van der Waals surface area contributed by atoms with Crippen molar-refractivity contribution in [3.8, 4) is 0 Å². The van der Waals surface area contributed by atoms with Crippen LogP contribution < -0.4 is 5.19 Å². The lowest BCUT2D eigenvalue weighted by Crippen LogP contribution is -2.53. The average molecular weight is 252 g/mol. The number of carboxylic acids is 1. The number of hydrogen-bond donors (Lipinski definition) is 2. The molecule has 0 aliphatic heterocycles. The van der Waals surface area contributed by atoms with Gasteiger partial charge in [0.25, 0.3) is 0 Å². The monoisotopic (exact) mass is 252 g/mol. The van der Waals surface area contributed by atoms with Crippen LogP contribution in [0.25, 0.3) is 0 Å². The fourth-order valence-corrected chi connectivity index (χ4v) is 5.58. The van der Waals surface area contributed by atoms with E-state index in [0.29, 0.717) is 0 Å². The molecule has 0 amide bonds. The first-order chi connectivity index (χ1) is 7.80. The summed E-state index contributed by atoms with van der Waals surface area (Å²) in [5.41, 5.74) is 0.675. The lowest BCUT2D eigenvalue weighted by molar-refractivity contribution is 0.0697. The van der Waals surface area contributed by atoms with Crippen LogP contribution >= 0.6 is 0 Å². The number of carbonyl (C=O) groups is 1. The second-order valence-corrected chi connectivity index (χ2v) is 9.55. The van der Waals surface area contributed by atoms with Crippen LogP contribution in [0, 0.1) is 0 Å². The van der Waals surface area contributed by atoms with Crippen LogP contribution in [-0.2, 0) is 0 Å². The Morgan fingerprint density at radius 3 is 1.76 bits per heavy atom. The van der Waals surface area contributed by atoms with Gasteiger partial charge in [-0.3, -0.25) is 0 Å². The molecule has 0 unspecified atom stereocenters. The van der Waals surface area contributed by atoms with Gasteiger partial charge >= 0.3 is 5.97 Å². The van der Waals surface area contributed by atoms with E-state index >= 15 is 0 Å². The molecule has 0 bridgehead atoms. The highest BCUT2D eigenvalue weighted by molar-refractivity contribution is 6.87. The molecule has 1 aromatic carbocycles. The number of hydrogen-bond acceptors (Lipinski definition) is 2. The van der Waals surface area contributed by atoms with Gasteiger partial charge in [0, 0.05) is 0 Å². The number of carboxylic acid groups (broad SMARTS) is 1. The first-order valence-corrected chi connectivity index (χ1v) is 7.96. The van der Waals surface area contributed by atoms with E-state index in [1.54, 1.807) is 24.3 Å². The van der Waals surface area contributed by atoms with Crippen molar-refractivity contribution < 1.29 is 14.7 Å². The molecule has 94 valence electrons. The van der Waals surface area contributed by atoms with Crippen LogP contribution in [0.1, 0.15) is 38.1 Å². The molecule has 0 saturated carbocycles. The Labute approximate surface area is 103 Å². The summed E-state index contributed by atoms with van der Waals surface area (Å²) >= 11 is 0. The lowest BCUT2D eigenvalue weighted by Gasteiger charge is -2.33. The summed E-state index contributed by atoms with van der Waals surface area (Å²) in [5, 5.41) is 9.76. The Bertz CT molecular complexity index is 388. The second kappa shape index (κ2) is 5.02. The highest BCUT2D eigenvalue weighted by atomic mass is 28.4. The quantitative estimate of drug-likeness (QED) is 0.809. The molecule has 17 heavy (non-hydrogen) atoms. The maximum absolute atomic E-state index is 10.9. The van der Waals surface area contributed by atoms with Crippen LogP contribution in [0.5, 0.6) is 0 Å². The Morgan fingerprint density at radius 2 is 1.47 bits per heavy atom. The molecular formula is C13H20O3Si. The van der Waals surface area contributed by atoms with Gasteiger partial charge in [-0.1, -0.05) is 39.8 Å². The molecule has 0 spiro atoms. The molecule has 0 atom stereocenters. The molecule has 0 aliphatic rings. The summed E-state index contributed by atoms with van der Waals surface area (Å²) in [4.78, 5) is 21.6. The summed E-state index contributed by atoms with van der Waals surface area (Å²) in [5.74, 6) is -0.934. The van der Waals surface area contributed by atoms with Gasteiger partial charge in [0.2, 0.25) is 8.32 Å². The molecular weight excluding hydrogens is 232 g/mol. The SMILES string of the molecule is CC(C)[Si](O)(c1ccc(C(=O)O)cc1)C(C)C. The molecule has 1 aromatic rings. The Balaban J connectivity index is 3.17. The minimum atomic E-state index is -2.53. The van der Waals surface area contributed by atoms with Gasteiger partial charge in [0.15, 0.2) is 0 Å². The van der Waals surface area contributed by atoms with Crippen LogP contribution in [0.15, 0.2) is 24.3 Å². The van der Waals surface area contributed by atoms with E-state index < -0.39 is 14.3 Å². The smallest absolute Gasteiger partial charge is 0.335 e. The molecule has 4 heteroatoms. The fraction of sp³-hybridized carbons (Fsp3) is 0.462. The third-order valence-electron chi connectivity index (χ3n) is 3.35. The maximum Gasteiger partial charge on any atom is 0.335 e. The first-order valence-electron chi connectivity index (χ1n) is 5.86. The number of aromatic carboxylic acids is 1. The average Bonchev–Trinajstić information content (AvgIpc) is 2.27. The van der Waals surface area contributed by atoms with Gasteiger partial charge in [-0.15, -0.1) is 0 Å². The van der Waals surface area contributed by atoms with E-state index in [2.05, 4.69) is 0 Å². The van der Waals surface area contributed by atoms with Gasteiger partial charge in [0.05, 0.1) is 5.56 Å². The zero-order valence-corrected chi connectivity index (χ0v) is 11.8. The highest BCUT2D eigenvalue weighted by Crippen LogP contribution is 2.29. The van der Waals surface area contributed by atoms with E-state index in [1.165, 1.54) is 0 Å². The zero-order valence-electron chi connectivity index (χ0n) is 10.8. The maximum atomic E-state index is 10.9. The molecule has 3 nitrogen and oxygen atoms in total. The third kappa shape index (κ3) is 2.58. The van der Waals surface area contributed by atoms with E-state index in [4.69, 9.17) is 5.11 Å². The van der Waals surface area contributed by atoms with Crippen molar-refractivity contribution in [1.29, 1.82) is 0 Å². The highest BCUT2D eigenvalue weighted by Gasteiger charge is 2.40. The van der Waals surface area contributed by atoms with Crippen molar-refractivity contribution in [2.75, 3.05) is 0 Å². The minimum Gasteiger partial charge on any atom is -0.478 e. The lowest BCUT2D eigenvalue weighted by atomic mass is 10.2. The second-order valence-electron chi connectivity index (χ2n) is 5.02. The molecule has 2 N–H and O–H groups in total. The summed E-state index contributed by atoms with van der Waals surface area (Å²) in [6.07, 6.45) is 0. The molecule has 0 radical (unpaired) electrons. The van der Waals surface area contributed by atoms with Crippen LogP contribution in [0.2, 0.25) is 11.1 Å². The van der Waals surface area contributed by atoms with Crippen molar-refractivity contribution in [2.45, 2.75) is 38.8 Å². The summed E-state index contributed by atoms with van der Waals surface area (Å²) in [6, 6.07) is 6.66. The topological polar surface area (TPSA) is 57.5 Å². The van der Waals surface area contributed by atoms with Gasteiger partial charge in [-0.2, -0.15) is 0 Å². The predicted molar refractivity (Wildman–Crippen MR) is 71.2 cm³/mol. The fourth-order valence-electron chi connectivity index (χ4n) is 2.21. The van der Waals surface area contributed by atoms with Crippen molar-refractivity contribution in [2.24, 2.45) is 0 Å². The van der Waals surface area contributed by atoms with Crippen LogP contribution in [0.4, 0.5) is 0 Å². The zero-order chi connectivity index (χ0) is 13.2. The Hall–Kier alpha value is -1.13.